The van der Waals surface area contributed by atoms with E-state index in [9.17, 15) is 4.79 Å². The van der Waals surface area contributed by atoms with Gasteiger partial charge >= 0.3 is 0 Å². The van der Waals surface area contributed by atoms with Gasteiger partial charge in [-0.2, -0.15) is 4.98 Å². The van der Waals surface area contributed by atoms with Crippen molar-refractivity contribution in [1.29, 1.82) is 0 Å². The second-order valence-electron chi connectivity index (χ2n) is 5.16. The number of carbonyl (C=O) groups excluding carboxylic acids is 1. The van der Waals surface area contributed by atoms with Gasteiger partial charge in [0.25, 0.3) is 0 Å². The second-order valence-corrected chi connectivity index (χ2v) is 5.16. The lowest BCUT2D eigenvalue weighted by atomic mass is 10.2. The summed E-state index contributed by atoms with van der Waals surface area (Å²) in [6.45, 7) is 6.76. The minimum Gasteiger partial charge on any atom is -0.474 e. The molecule has 0 unspecified atom stereocenters. The molecule has 5 heteroatoms. The fourth-order valence-electron chi connectivity index (χ4n) is 1.69. The summed E-state index contributed by atoms with van der Waals surface area (Å²) in [4.78, 5) is 15.4. The molecule has 2 heterocycles. The van der Waals surface area contributed by atoms with Crippen LogP contribution in [0, 0.1) is 0 Å². The number of aldehydes is 1. The van der Waals surface area contributed by atoms with Gasteiger partial charge in [-0.3, -0.25) is 9.20 Å². The van der Waals surface area contributed by atoms with Crippen LogP contribution in [0.5, 0.6) is 5.88 Å². The third-order valence-corrected chi connectivity index (χ3v) is 2.50. The van der Waals surface area contributed by atoms with Crippen molar-refractivity contribution in [1.82, 2.24) is 9.38 Å². The highest BCUT2D eigenvalue weighted by atomic mass is 16.5. The van der Waals surface area contributed by atoms with E-state index in [2.05, 4.69) is 4.98 Å². The number of pyridine rings is 1. The number of nitrogens with zero attached hydrogens (tertiary/aromatic N) is 2. The zero-order valence-corrected chi connectivity index (χ0v) is 11.4. The molecule has 0 atom stereocenters. The van der Waals surface area contributed by atoms with Crippen molar-refractivity contribution in [3.05, 3.63) is 30.1 Å². The third-order valence-electron chi connectivity index (χ3n) is 2.50. The molecule has 0 saturated heterocycles. The molecule has 0 fully saturated rings. The van der Waals surface area contributed by atoms with Crippen molar-refractivity contribution in [2.45, 2.75) is 26.4 Å². The summed E-state index contributed by atoms with van der Waals surface area (Å²) >= 11 is 0. The predicted octanol–water partition coefficient (Wildman–Crippen LogP) is 2.34. The molecular formula is C14H18N2O3. The van der Waals surface area contributed by atoms with Gasteiger partial charge in [0.2, 0.25) is 5.88 Å². The number of hydrogen-bond donors (Lipinski definition) is 0. The van der Waals surface area contributed by atoms with Crippen LogP contribution in [0.25, 0.3) is 5.65 Å². The smallest absolute Gasteiger partial charge is 0.243 e. The highest BCUT2D eigenvalue weighted by Crippen LogP contribution is 2.18. The van der Waals surface area contributed by atoms with Crippen LogP contribution in [0.2, 0.25) is 0 Å². The largest absolute Gasteiger partial charge is 0.474 e. The zero-order valence-electron chi connectivity index (χ0n) is 11.4. The second kappa shape index (κ2) is 5.40. The SMILES string of the molecule is CC(C)(C)OCCOc1nc2ccccn2c1C=O. The first-order valence-electron chi connectivity index (χ1n) is 6.20. The highest BCUT2D eigenvalue weighted by molar-refractivity contribution is 5.78. The molecule has 2 aromatic rings. The van der Waals surface area contributed by atoms with E-state index >= 15 is 0 Å². The Morgan fingerprint density at radius 3 is 2.79 bits per heavy atom. The van der Waals surface area contributed by atoms with Gasteiger partial charge < -0.3 is 9.47 Å². The van der Waals surface area contributed by atoms with Crippen molar-refractivity contribution in [2.24, 2.45) is 0 Å². The standard InChI is InChI=1S/C14H18N2O3/c1-14(2,3)19-9-8-18-13-11(10-17)16-7-5-4-6-12(16)15-13/h4-7,10H,8-9H2,1-3H3. The zero-order chi connectivity index (χ0) is 13.9. The van der Waals surface area contributed by atoms with Crippen LogP contribution in [0.15, 0.2) is 24.4 Å². The molecule has 19 heavy (non-hydrogen) atoms. The van der Waals surface area contributed by atoms with Gasteiger partial charge in [0.1, 0.15) is 17.9 Å². The highest BCUT2D eigenvalue weighted by Gasteiger charge is 2.13. The topological polar surface area (TPSA) is 52.8 Å². The Kier molecular flexibility index (Phi) is 3.85. The molecule has 0 amide bonds. The molecular weight excluding hydrogens is 244 g/mol. The first-order valence-corrected chi connectivity index (χ1v) is 6.20. The molecule has 5 nitrogen and oxygen atoms in total. The average molecular weight is 262 g/mol. The molecule has 102 valence electrons. The first-order chi connectivity index (χ1) is 9.01. The van der Waals surface area contributed by atoms with Crippen molar-refractivity contribution in [3.8, 4) is 5.88 Å². The third kappa shape index (κ3) is 3.32. The summed E-state index contributed by atoms with van der Waals surface area (Å²) in [5, 5.41) is 0. The summed E-state index contributed by atoms with van der Waals surface area (Å²) in [6, 6.07) is 5.53. The van der Waals surface area contributed by atoms with E-state index < -0.39 is 0 Å². The molecule has 0 aliphatic carbocycles. The lowest BCUT2D eigenvalue weighted by Crippen LogP contribution is -2.22. The maximum atomic E-state index is 11.1. The van der Waals surface area contributed by atoms with E-state index in [4.69, 9.17) is 9.47 Å². The maximum absolute atomic E-state index is 11.1. The number of aromatic nitrogens is 2. The number of hydrogen-bond acceptors (Lipinski definition) is 4. The average Bonchev–Trinajstić information content (AvgIpc) is 2.71. The van der Waals surface area contributed by atoms with Gasteiger partial charge in [0, 0.05) is 6.20 Å². The monoisotopic (exact) mass is 262 g/mol. The van der Waals surface area contributed by atoms with E-state index in [0.29, 0.717) is 30.4 Å². The van der Waals surface area contributed by atoms with E-state index in [1.165, 1.54) is 0 Å². The lowest BCUT2D eigenvalue weighted by molar-refractivity contribution is -0.0168. The van der Waals surface area contributed by atoms with Gasteiger partial charge in [0.15, 0.2) is 6.29 Å². The number of ether oxygens (including phenoxy) is 2. The van der Waals surface area contributed by atoms with Crippen LogP contribution in [0.3, 0.4) is 0 Å². The molecule has 0 spiro atoms. The number of carbonyl (C=O) groups is 1. The summed E-state index contributed by atoms with van der Waals surface area (Å²) < 4.78 is 12.8. The molecule has 0 N–H and O–H groups in total. The van der Waals surface area contributed by atoms with E-state index in [1.54, 1.807) is 10.6 Å². The van der Waals surface area contributed by atoms with Crippen LogP contribution in [0.4, 0.5) is 0 Å². The van der Waals surface area contributed by atoms with Crippen molar-refractivity contribution in [3.63, 3.8) is 0 Å². The first kappa shape index (κ1) is 13.5. The Labute approximate surface area is 112 Å². The van der Waals surface area contributed by atoms with Gasteiger partial charge in [-0.05, 0) is 32.9 Å². The molecule has 0 aromatic carbocycles. The van der Waals surface area contributed by atoms with Crippen LogP contribution in [-0.2, 0) is 4.74 Å². The van der Waals surface area contributed by atoms with E-state index in [-0.39, 0.29) is 5.60 Å². The predicted molar refractivity (Wildman–Crippen MR) is 71.8 cm³/mol. The molecule has 0 saturated carbocycles. The summed E-state index contributed by atoms with van der Waals surface area (Å²) in [5.74, 6) is 0.346. The Hall–Kier alpha value is -1.88. The van der Waals surface area contributed by atoms with Gasteiger partial charge in [-0.1, -0.05) is 6.07 Å². The van der Waals surface area contributed by atoms with E-state index in [1.807, 2.05) is 39.0 Å². The van der Waals surface area contributed by atoms with Crippen molar-refractivity contribution < 1.29 is 14.3 Å². The normalized spacial score (nSPS) is 11.7. The Bertz CT molecular complexity index is 570. The molecule has 0 radical (unpaired) electrons. The van der Waals surface area contributed by atoms with Crippen molar-refractivity contribution >= 4 is 11.9 Å². The minimum absolute atomic E-state index is 0.199. The summed E-state index contributed by atoms with van der Waals surface area (Å²) in [6.07, 6.45) is 2.53. The number of imidazole rings is 1. The fourth-order valence-corrected chi connectivity index (χ4v) is 1.69. The molecule has 0 bridgehead atoms. The Balaban J connectivity index is 2.06. The van der Waals surface area contributed by atoms with Crippen LogP contribution >= 0.6 is 0 Å². The quantitative estimate of drug-likeness (QED) is 0.613. The van der Waals surface area contributed by atoms with Gasteiger partial charge in [-0.15, -0.1) is 0 Å². The van der Waals surface area contributed by atoms with Crippen molar-refractivity contribution in [2.75, 3.05) is 13.2 Å². The molecule has 0 aliphatic rings. The summed E-state index contributed by atoms with van der Waals surface area (Å²) in [7, 11) is 0. The lowest BCUT2D eigenvalue weighted by Gasteiger charge is -2.19. The van der Waals surface area contributed by atoms with Crippen LogP contribution < -0.4 is 4.74 Å². The molecule has 2 aromatic heterocycles. The fraction of sp³-hybridized carbons (Fsp3) is 0.429. The van der Waals surface area contributed by atoms with Crippen LogP contribution in [0.1, 0.15) is 31.3 Å². The van der Waals surface area contributed by atoms with Gasteiger partial charge in [0.05, 0.1) is 12.2 Å². The minimum atomic E-state index is -0.199. The number of fused-ring (bicyclic) bond motifs is 1. The number of rotatable bonds is 5. The summed E-state index contributed by atoms with van der Waals surface area (Å²) in [5.41, 5.74) is 0.915. The van der Waals surface area contributed by atoms with E-state index in [0.717, 1.165) is 6.29 Å². The maximum Gasteiger partial charge on any atom is 0.243 e. The Morgan fingerprint density at radius 1 is 1.32 bits per heavy atom. The Morgan fingerprint density at radius 2 is 2.11 bits per heavy atom. The molecule has 0 aliphatic heterocycles. The molecule has 2 rings (SSSR count). The van der Waals surface area contributed by atoms with Gasteiger partial charge in [-0.25, -0.2) is 0 Å². The van der Waals surface area contributed by atoms with Crippen LogP contribution in [-0.4, -0.2) is 34.5 Å².